The Labute approximate surface area is 233 Å². The van der Waals surface area contributed by atoms with Crippen LogP contribution in [0, 0.1) is 0 Å². The van der Waals surface area contributed by atoms with E-state index in [4.69, 9.17) is 10.6 Å². The average Bonchev–Trinajstić information content (AvgIpc) is 3.52. The van der Waals surface area contributed by atoms with Crippen molar-refractivity contribution >= 4 is 50.3 Å². The molecule has 0 saturated carbocycles. The number of thiazole rings is 1. The molecule has 0 radical (unpaired) electrons. The summed E-state index contributed by atoms with van der Waals surface area (Å²) in [6.45, 7) is 1.92. The molecule has 4 heterocycles. The van der Waals surface area contributed by atoms with Gasteiger partial charge in [0.05, 0.1) is 24.5 Å². The molecule has 1 fully saturated rings. The molecule has 2 atom stereocenters. The Hall–Kier alpha value is -4.89. The second-order valence-electron chi connectivity index (χ2n) is 8.97. The number of H-pyrrole nitrogens is 1. The molecule has 41 heavy (non-hydrogen) atoms. The molecule has 1 aliphatic rings. The summed E-state index contributed by atoms with van der Waals surface area (Å²) in [4.78, 5) is 60.5. The number of aromatic amines is 1. The molecule has 218 valence electrons. The van der Waals surface area contributed by atoms with Gasteiger partial charge in [0.1, 0.15) is 17.4 Å². The molecule has 19 nitrogen and oxygen atoms in total. The fourth-order valence-corrected chi connectivity index (χ4v) is 4.88. The van der Waals surface area contributed by atoms with Crippen LogP contribution in [0.25, 0.3) is 11.4 Å². The summed E-state index contributed by atoms with van der Waals surface area (Å²) < 4.78 is 34.6. The van der Waals surface area contributed by atoms with E-state index in [2.05, 4.69) is 30.8 Å². The number of carboxylic acid groups (broad SMARTS) is 1. The van der Waals surface area contributed by atoms with Crippen molar-refractivity contribution in [2.45, 2.75) is 38.1 Å². The van der Waals surface area contributed by atoms with E-state index in [1.807, 2.05) is 0 Å². The van der Waals surface area contributed by atoms with E-state index in [-0.39, 0.29) is 26.5 Å². The highest BCUT2D eigenvalue weighted by Gasteiger charge is 2.54. The molecule has 2 amide bonds. The van der Waals surface area contributed by atoms with Gasteiger partial charge in [-0.25, -0.2) is 18.8 Å². The Bertz CT molecular complexity index is 1730. The van der Waals surface area contributed by atoms with Crippen LogP contribution >= 0.6 is 11.3 Å². The van der Waals surface area contributed by atoms with Crippen molar-refractivity contribution in [3.05, 3.63) is 39.8 Å². The number of rotatable bonds is 10. The van der Waals surface area contributed by atoms with Crippen LogP contribution in [0.15, 0.2) is 33.8 Å². The standard InChI is InChI=1S/C20H21N9O10S2/c1-20(2,18(34)35)39-26-14(10-7-40-19(21)23-10)16(32)24-15-11(29(17(15)33)41(36,37)38)6-28-5-9(25-27-28)8-3-12(30)13(31)4-22-8/h3-5,7,11,15,31H,6H2,1-2H3,(H2,21,23)(H,22,30)(H,24,32)(H,34,35)(H,36,37,38)/b26-14-. The first-order valence-corrected chi connectivity index (χ1v) is 13.5. The number of amides is 2. The zero-order chi connectivity index (χ0) is 30.3. The number of hydrogen-bond donors (Lipinski definition) is 6. The van der Waals surface area contributed by atoms with Crippen LogP contribution in [-0.4, -0.2) is 93.6 Å². The van der Waals surface area contributed by atoms with Gasteiger partial charge in [-0.05, 0) is 13.8 Å². The topological polar surface area (TPSA) is 285 Å². The molecule has 3 aromatic rings. The van der Waals surface area contributed by atoms with Crippen LogP contribution in [0.1, 0.15) is 19.5 Å². The Kier molecular flexibility index (Phi) is 7.52. The third kappa shape index (κ3) is 6.00. The molecule has 0 bridgehead atoms. The van der Waals surface area contributed by atoms with Gasteiger partial charge < -0.3 is 31.1 Å². The fourth-order valence-electron chi connectivity index (χ4n) is 3.46. The number of anilines is 1. The van der Waals surface area contributed by atoms with E-state index in [9.17, 15) is 42.4 Å². The number of hydrogen-bond acceptors (Lipinski definition) is 14. The zero-order valence-corrected chi connectivity index (χ0v) is 22.6. The largest absolute Gasteiger partial charge is 0.503 e. The molecule has 2 unspecified atom stereocenters. The summed E-state index contributed by atoms with van der Waals surface area (Å²) in [5, 5.41) is 33.6. The maximum atomic E-state index is 13.2. The quantitative estimate of drug-likeness (QED) is 0.0636. The maximum absolute atomic E-state index is 13.2. The Morgan fingerprint density at radius 2 is 2.05 bits per heavy atom. The lowest BCUT2D eigenvalue weighted by atomic mass is 9.98. The number of pyridine rings is 1. The first-order chi connectivity index (χ1) is 19.1. The van der Waals surface area contributed by atoms with Gasteiger partial charge in [0.2, 0.25) is 11.0 Å². The van der Waals surface area contributed by atoms with Crippen LogP contribution in [-0.2, 0) is 36.1 Å². The average molecular weight is 612 g/mol. The third-order valence-electron chi connectivity index (χ3n) is 5.65. The Balaban J connectivity index is 1.60. The second kappa shape index (κ2) is 10.6. The van der Waals surface area contributed by atoms with E-state index < -0.39 is 69.2 Å². The molecule has 0 aliphatic carbocycles. The highest BCUT2D eigenvalue weighted by Crippen LogP contribution is 2.26. The maximum Gasteiger partial charge on any atom is 0.362 e. The van der Waals surface area contributed by atoms with Crippen LogP contribution in [0.3, 0.4) is 0 Å². The van der Waals surface area contributed by atoms with E-state index >= 15 is 0 Å². The molecule has 7 N–H and O–H groups in total. The number of aromatic nitrogens is 5. The van der Waals surface area contributed by atoms with Crippen molar-refractivity contribution in [3.63, 3.8) is 0 Å². The van der Waals surface area contributed by atoms with Crippen molar-refractivity contribution in [1.82, 2.24) is 34.6 Å². The van der Waals surface area contributed by atoms with Gasteiger partial charge in [0.25, 0.3) is 11.8 Å². The number of nitrogens with one attached hydrogen (secondary N) is 2. The number of aliphatic carboxylic acids is 1. The molecular weight excluding hydrogens is 590 g/mol. The van der Waals surface area contributed by atoms with Crippen molar-refractivity contribution in [1.29, 1.82) is 0 Å². The first-order valence-electron chi connectivity index (χ1n) is 11.2. The van der Waals surface area contributed by atoms with Crippen molar-refractivity contribution in [2.24, 2.45) is 5.16 Å². The number of aromatic hydroxyl groups is 1. The normalized spacial score (nSPS) is 17.7. The van der Waals surface area contributed by atoms with Gasteiger partial charge in [0, 0.05) is 17.6 Å². The molecule has 21 heteroatoms. The highest BCUT2D eigenvalue weighted by molar-refractivity contribution is 7.84. The summed E-state index contributed by atoms with van der Waals surface area (Å²) in [5.41, 5.74) is 2.64. The minimum atomic E-state index is -5.07. The summed E-state index contributed by atoms with van der Waals surface area (Å²) in [6, 6.07) is -1.91. The molecule has 1 aliphatic heterocycles. The summed E-state index contributed by atoms with van der Waals surface area (Å²) in [7, 11) is -5.07. The summed E-state index contributed by atoms with van der Waals surface area (Å²) in [6.07, 6.45) is 2.31. The number of oxime groups is 1. The SMILES string of the molecule is CC(C)(O/N=C(\C(=O)NC1C(=O)N(S(=O)(=O)O)C1Cn1cc(-c2cc(=O)c(O)c[nH]2)nn1)c1csc(N)n1)C(=O)O. The van der Waals surface area contributed by atoms with Crippen molar-refractivity contribution < 1.29 is 42.4 Å². The Morgan fingerprint density at radius 1 is 1.34 bits per heavy atom. The van der Waals surface area contributed by atoms with Gasteiger partial charge in [-0.15, -0.1) is 16.4 Å². The molecular formula is C20H21N9O10S2. The number of carbonyl (C=O) groups excluding carboxylic acids is 2. The lowest BCUT2D eigenvalue weighted by Crippen LogP contribution is -2.73. The van der Waals surface area contributed by atoms with Gasteiger partial charge >= 0.3 is 16.3 Å². The van der Waals surface area contributed by atoms with Gasteiger partial charge in [-0.1, -0.05) is 10.4 Å². The number of carbonyl (C=O) groups is 3. The molecule has 4 rings (SSSR count). The number of nitrogens with zero attached hydrogens (tertiary/aromatic N) is 6. The van der Waals surface area contributed by atoms with Crippen molar-refractivity contribution in [2.75, 3.05) is 5.73 Å². The molecule has 0 aromatic carbocycles. The lowest BCUT2D eigenvalue weighted by molar-refractivity contribution is -0.161. The lowest BCUT2D eigenvalue weighted by Gasteiger charge is -2.43. The van der Waals surface area contributed by atoms with Crippen LogP contribution in [0.2, 0.25) is 0 Å². The summed E-state index contributed by atoms with van der Waals surface area (Å²) in [5.74, 6) is -4.23. The third-order valence-corrected chi connectivity index (χ3v) is 7.27. The predicted octanol–water partition coefficient (Wildman–Crippen LogP) is -1.84. The van der Waals surface area contributed by atoms with E-state index in [1.165, 1.54) is 25.4 Å². The number of β-lactam (4-membered cyclic amide) rings is 1. The first kappa shape index (κ1) is 29.1. The number of carboxylic acids is 1. The van der Waals surface area contributed by atoms with Crippen LogP contribution < -0.4 is 16.5 Å². The smallest absolute Gasteiger partial charge is 0.362 e. The predicted molar refractivity (Wildman–Crippen MR) is 138 cm³/mol. The van der Waals surface area contributed by atoms with E-state index in [0.29, 0.717) is 0 Å². The fraction of sp³-hybridized carbons (Fsp3) is 0.300. The van der Waals surface area contributed by atoms with Gasteiger partial charge in [-0.3, -0.25) is 18.9 Å². The number of nitrogens with two attached hydrogens (primary N) is 1. The minimum Gasteiger partial charge on any atom is -0.503 e. The van der Waals surface area contributed by atoms with Crippen LogP contribution in [0.5, 0.6) is 5.75 Å². The molecule has 3 aromatic heterocycles. The van der Waals surface area contributed by atoms with Gasteiger partial charge in [0.15, 0.2) is 16.6 Å². The highest BCUT2D eigenvalue weighted by atomic mass is 32.2. The van der Waals surface area contributed by atoms with E-state index in [1.54, 1.807) is 0 Å². The minimum absolute atomic E-state index is 0.0325. The zero-order valence-electron chi connectivity index (χ0n) is 20.9. The van der Waals surface area contributed by atoms with Gasteiger partial charge in [-0.2, -0.15) is 8.42 Å². The monoisotopic (exact) mass is 611 g/mol. The molecule has 0 spiro atoms. The Morgan fingerprint density at radius 3 is 2.63 bits per heavy atom. The summed E-state index contributed by atoms with van der Waals surface area (Å²) >= 11 is 0.929. The number of nitrogen functional groups attached to an aromatic ring is 1. The van der Waals surface area contributed by atoms with Crippen LogP contribution in [0.4, 0.5) is 5.13 Å². The second-order valence-corrected chi connectivity index (χ2v) is 11.1. The molecule has 1 saturated heterocycles. The van der Waals surface area contributed by atoms with E-state index in [0.717, 1.165) is 28.3 Å². The van der Waals surface area contributed by atoms with Crippen molar-refractivity contribution in [3.8, 4) is 17.1 Å².